The molecule has 0 spiro atoms. The van der Waals surface area contributed by atoms with Crippen LogP contribution in [0.1, 0.15) is 35.2 Å². The fraction of sp³-hybridized carbons (Fsp3) is 0.316. The van der Waals surface area contributed by atoms with Crippen molar-refractivity contribution in [2.45, 2.75) is 24.8 Å². The number of hydrogen-bond acceptors (Lipinski definition) is 5. The second-order valence-corrected chi connectivity index (χ2v) is 7.59. The molecule has 5 nitrogen and oxygen atoms in total. The molecule has 4 rings (SSSR count). The van der Waals surface area contributed by atoms with Gasteiger partial charge in [0.15, 0.2) is 5.17 Å². The zero-order valence-corrected chi connectivity index (χ0v) is 14.6. The summed E-state index contributed by atoms with van der Waals surface area (Å²) in [6.45, 7) is 0. The number of fused-ring (bicyclic) bond motifs is 1. The first kappa shape index (κ1) is 16.1. The molecule has 0 saturated heterocycles. The van der Waals surface area contributed by atoms with Crippen LogP contribution in [-0.2, 0) is 5.54 Å². The minimum Gasteiger partial charge on any atom is -0.379 e. The van der Waals surface area contributed by atoms with E-state index in [-0.39, 0.29) is 11.4 Å². The first-order chi connectivity index (χ1) is 12.2. The molecule has 1 aliphatic heterocycles. The molecule has 1 fully saturated rings. The van der Waals surface area contributed by atoms with Gasteiger partial charge in [0.2, 0.25) is 0 Å². The Bertz CT molecular complexity index is 823. The maximum Gasteiger partial charge on any atom is 0.255 e. The zero-order valence-electron chi connectivity index (χ0n) is 13.8. The molecule has 6 heteroatoms. The number of benzene rings is 1. The highest BCUT2D eigenvalue weighted by Crippen LogP contribution is 2.50. The zero-order chi connectivity index (χ0) is 17.3. The molecule has 3 N–H and O–H groups in total. The van der Waals surface area contributed by atoms with Crippen LogP contribution in [0.4, 0.5) is 5.69 Å². The van der Waals surface area contributed by atoms with Crippen molar-refractivity contribution < 1.29 is 4.79 Å². The Hall–Kier alpha value is -2.34. The van der Waals surface area contributed by atoms with E-state index in [4.69, 9.17) is 10.7 Å². The van der Waals surface area contributed by atoms with E-state index in [9.17, 15) is 4.79 Å². The SMILES string of the molecule is NC1=NC2(c3cccc(NC(=O)c4ccncc4)c3)CCCC2CS1. The molecule has 0 bridgehead atoms. The largest absolute Gasteiger partial charge is 0.379 e. The molecule has 1 aromatic carbocycles. The Morgan fingerprint density at radius 1 is 1.28 bits per heavy atom. The van der Waals surface area contributed by atoms with E-state index in [2.05, 4.69) is 16.4 Å². The molecule has 1 aliphatic carbocycles. The van der Waals surface area contributed by atoms with Gasteiger partial charge >= 0.3 is 0 Å². The van der Waals surface area contributed by atoms with Crippen molar-refractivity contribution in [3.63, 3.8) is 0 Å². The molecular formula is C19H20N4OS. The third-order valence-electron chi connectivity index (χ3n) is 5.09. The van der Waals surface area contributed by atoms with E-state index in [1.54, 1.807) is 36.3 Å². The fourth-order valence-corrected chi connectivity index (χ4v) is 4.90. The van der Waals surface area contributed by atoms with Crippen LogP contribution < -0.4 is 11.1 Å². The Labute approximate surface area is 151 Å². The molecule has 128 valence electrons. The highest BCUT2D eigenvalue weighted by molar-refractivity contribution is 8.13. The van der Waals surface area contributed by atoms with E-state index < -0.39 is 0 Å². The maximum absolute atomic E-state index is 12.4. The minimum atomic E-state index is -0.229. The molecule has 2 aromatic rings. The molecule has 0 radical (unpaired) electrons. The summed E-state index contributed by atoms with van der Waals surface area (Å²) in [6, 6.07) is 11.4. The summed E-state index contributed by atoms with van der Waals surface area (Å²) >= 11 is 1.65. The van der Waals surface area contributed by atoms with Crippen molar-refractivity contribution in [1.82, 2.24) is 4.98 Å². The third-order valence-corrected chi connectivity index (χ3v) is 6.05. The number of aromatic nitrogens is 1. The lowest BCUT2D eigenvalue weighted by atomic mass is 9.81. The van der Waals surface area contributed by atoms with Crippen LogP contribution in [0.5, 0.6) is 0 Å². The standard InChI is InChI=1S/C19H20N4OS/c20-18-23-19(8-2-4-15(19)12-25-18)14-3-1-5-16(11-14)22-17(24)13-6-9-21-10-7-13/h1,3,5-7,9-11,15H,2,4,8,12H2,(H2,20,23)(H,22,24). The lowest BCUT2D eigenvalue weighted by Gasteiger charge is -2.36. The molecule has 2 heterocycles. The lowest BCUT2D eigenvalue weighted by Crippen LogP contribution is -2.36. The van der Waals surface area contributed by atoms with Gasteiger partial charge in [-0.3, -0.25) is 14.8 Å². The highest BCUT2D eigenvalue weighted by atomic mass is 32.2. The van der Waals surface area contributed by atoms with Crippen LogP contribution in [0.3, 0.4) is 0 Å². The van der Waals surface area contributed by atoms with Crippen molar-refractivity contribution in [3.8, 4) is 0 Å². The van der Waals surface area contributed by atoms with Crippen LogP contribution in [0.15, 0.2) is 53.8 Å². The number of rotatable bonds is 3. The number of pyridine rings is 1. The number of nitrogens with two attached hydrogens (primary N) is 1. The number of anilines is 1. The van der Waals surface area contributed by atoms with E-state index in [1.165, 1.54) is 6.42 Å². The van der Waals surface area contributed by atoms with Gasteiger partial charge in [0, 0.05) is 29.4 Å². The van der Waals surface area contributed by atoms with E-state index in [0.717, 1.165) is 29.8 Å². The molecule has 1 saturated carbocycles. The highest BCUT2D eigenvalue weighted by Gasteiger charge is 2.46. The van der Waals surface area contributed by atoms with Crippen LogP contribution in [0.2, 0.25) is 0 Å². The summed E-state index contributed by atoms with van der Waals surface area (Å²) in [5.41, 5.74) is 8.34. The van der Waals surface area contributed by atoms with Crippen molar-refractivity contribution in [2.75, 3.05) is 11.1 Å². The molecule has 1 amide bonds. The van der Waals surface area contributed by atoms with Crippen LogP contribution in [0, 0.1) is 5.92 Å². The summed E-state index contributed by atoms with van der Waals surface area (Å²) in [7, 11) is 0. The first-order valence-electron chi connectivity index (χ1n) is 8.47. The Morgan fingerprint density at radius 2 is 2.12 bits per heavy atom. The van der Waals surface area contributed by atoms with Gasteiger partial charge in [-0.25, -0.2) is 0 Å². The van der Waals surface area contributed by atoms with Crippen molar-refractivity contribution in [1.29, 1.82) is 0 Å². The van der Waals surface area contributed by atoms with Gasteiger partial charge in [-0.2, -0.15) is 0 Å². The van der Waals surface area contributed by atoms with Crippen LogP contribution in [-0.4, -0.2) is 21.8 Å². The molecule has 2 aliphatic rings. The predicted octanol–water partition coefficient (Wildman–Crippen LogP) is 3.39. The summed E-state index contributed by atoms with van der Waals surface area (Å²) < 4.78 is 0. The van der Waals surface area contributed by atoms with Crippen molar-refractivity contribution >= 4 is 28.5 Å². The topological polar surface area (TPSA) is 80.4 Å². The third kappa shape index (κ3) is 3.02. The number of thioether (sulfide) groups is 1. The number of amidine groups is 1. The van der Waals surface area contributed by atoms with Crippen molar-refractivity contribution in [2.24, 2.45) is 16.6 Å². The second kappa shape index (κ2) is 6.52. The average Bonchev–Trinajstić information content (AvgIpc) is 3.07. The Morgan fingerprint density at radius 3 is 2.96 bits per heavy atom. The van der Waals surface area contributed by atoms with Gasteiger partial charge in [0.1, 0.15) is 0 Å². The maximum atomic E-state index is 12.4. The minimum absolute atomic E-state index is 0.137. The second-order valence-electron chi connectivity index (χ2n) is 6.55. The monoisotopic (exact) mass is 352 g/mol. The summed E-state index contributed by atoms with van der Waals surface area (Å²) in [4.78, 5) is 21.2. The smallest absolute Gasteiger partial charge is 0.255 e. The number of nitrogens with one attached hydrogen (secondary N) is 1. The molecule has 25 heavy (non-hydrogen) atoms. The quantitative estimate of drug-likeness (QED) is 0.887. The first-order valence-corrected chi connectivity index (χ1v) is 9.46. The summed E-state index contributed by atoms with van der Waals surface area (Å²) in [5.74, 6) is 1.39. The Balaban J connectivity index is 1.64. The van der Waals surface area contributed by atoms with Gasteiger partial charge < -0.3 is 11.1 Å². The molecule has 1 aromatic heterocycles. The summed E-state index contributed by atoms with van der Waals surface area (Å²) in [5, 5.41) is 3.64. The van der Waals surface area contributed by atoms with Gasteiger partial charge in [0.05, 0.1) is 5.54 Å². The van der Waals surface area contributed by atoms with Crippen LogP contribution >= 0.6 is 11.8 Å². The average molecular weight is 352 g/mol. The lowest BCUT2D eigenvalue weighted by molar-refractivity contribution is 0.102. The van der Waals surface area contributed by atoms with E-state index in [0.29, 0.717) is 16.6 Å². The van der Waals surface area contributed by atoms with Gasteiger partial charge in [-0.15, -0.1) is 0 Å². The van der Waals surface area contributed by atoms with Crippen molar-refractivity contribution in [3.05, 3.63) is 59.9 Å². The number of nitrogens with zero attached hydrogens (tertiary/aromatic N) is 2. The number of aliphatic imine (C=N–C) groups is 1. The predicted molar refractivity (Wildman–Crippen MR) is 102 cm³/mol. The Kier molecular flexibility index (Phi) is 4.21. The van der Waals surface area contributed by atoms with Gasteiger partial charge in [-0.05, 0) is 48.6 Å². The molecular weight excluding hydrogens is 332 g/mol. The summed E-state index contributed by atoms with van der Waals surface area (Å²) in [6.07, 6.45) is 6.59. The molecule has 2 unspecified atom stereocenters. The van der Waals surface area contributed by atoms with Gasteiger partial charge in [0.25, 0.3) is 5.91 Å². The van der Waals surface area contributed by atoms with Crippen LogP contribution in [0.25, 0.3) is 0 Å². The van der Waals surface area contributed by atoms with E-state index in [1.807, 2.05) is 18.2 Å². The fourth-order valence-electron chi connectivity index (χ4n) is 3.86. The normalized spacial score (nSPS) is 25.1. The molecule has 2 atom stereocenters. The number of amides is 1. The number of hydrogen-bond donors (Lipinski definition) is 2. The van der Waals surface area contributed by atoms with Gasteiger partial charge in [-0.1, -0.05) is 30.3 Å². The number of carbonyl (C=O) groups excluding carboxylic acids is 1. The van der Waals surface area contributed by atoms with E-state index >= 15 is 0 Å². The number of carbonyl (C=O) groups is 1.